The molecule has 0 radical (unpaired) electrons. The van der Waals surface area contributed by atoms with Gasteiger partial charge in [0.05, 0.1) is 91.2 Å². The molecule has 0 spiro atoms. The van der Waals surface area contributed by atoms with Gasteiger partial charge >= 0.3 is 18.5 Å². The molecule has 12 aromatic carbocycles. The minimum atomic E-state index is -4.94. The van der Waals surface area contributed by atoms with Crippen molar-refractivity contribution in [1.82, 2.24) is 18.3 Å². The Hall–Kier alpha value is -12.3. The van der Waals surface area contributed by atoms with Crippen LogP contribution < -0.4 is 0 Å². The highest BCUT2D eigenvalue weighted by atomic mass is 19.4. The van der Waals surface area contributed by atoms with E-state index in [9.17, 15) is 31.6 Å². The first-order valence-corrected chi connectivity index (χ1v) is 31.1. The van der Waals surface area contributed by atoms with E-state index in [1.165, 1.54) is 18.2 Å². The van der Waals surface area contributed by atoms with Gasteiger partial charge in [0, 0.05) is 54.2 Å². The number of hydrogen-bond donors (Lipinski definition) is 0. The van der Waals surface area contributed by atoms with E-state index in [2.05, 4.69) is 63.0 Å². The number of halogens is 9. The van der Waals surface area contributed by atoms with Crippen LogP contribution in [0, 0.1) is 52.2 Å². The molecule has 4 heterocycles. The van der Waals surface area contributed by atoms with Crippen LogP contribution in [-0.4, -0.2) is 18.3 Å². The van der Waals surface area contributed by atoms with Gasteiger partial charge in [0.25, 0.3) is 0 Å². The van der Waals surface area contributed by atoms with Crippen molar-refractivity contribution in [3.63, 3.8) is 0 Å². The highest BCUT2D eigenvalue weighted by Crippen LogP contribution is 2.49. The number of hydrogen-bond acceptors (Lipinski definition) is 1. The Kier molecular flexibility index (Phi) is 14.5. The fraction of sp³-hybridized carbons (Fsp3) is 0.0854. The summed E-state index contributed by atoms with van der Waals surface area (Å²) in [4.78, 5) is 6.57. The fourth-order valence-corrected chi connectivity index (χ4v) is 14.5. The zero-order valence-electron chi connectivity index (χ0n) is 52.5. The lowest BCUT2D eigenvalue weighted by molar-refractivity contribution is -0.138. The minimum absolute atomic E-state index is 0.109. The summed E-state index contributed by atoms with van der Waals surface area (Å²) in [6.07, 6.45) is -14.4. The summed E-state index contributed by atoms with van der Waals surface area (Å²) in [6, 6.07) is 68.4. The molecule has 16 heteroatoms. The van der Waals surface area contributed by atoms with E-state index in [0.29, 0.717) is 45.1 Å². The van der Waals surface area contributed by atoms with Crippen LogP contribution in [0.5, 0.6) is 0 Å². The molecule has 0 fully saturated rings. The molecule has 16 aromatic rings. The second-order valence-electron chi connectivity index (χ2n) is 24.4. The lowest BCUT2D eigenvalue weighted by atomic mass is 9.97. The van der Waals surface area contributed by atoms with Crippen LogP contribution in [0.15, 0.2) is 231 Å². The molecule has 0 bridgehead atoms. The third kappa shape index (κ3) is 9.96. The fourth-order valence-electron chi connectivity index (χ4n) is 14.5. The van der Waals surface area contributed by atoms with E-state index >= 15 is 13.2 Å². The number of nitrogens with zero attached hydrogens (tertiary/aromatic N) is 7. The van der Waals surface area contributed by atoms with Crippen LogP contribution in [-0.2, 0) is 18.5 Å². The highest BCUT2D eigenvalue weighted by Gasteiger charge is 2.39. The minimum Gasteiger partial charge on any atom is -0.307 e. The maximum absolute atomic E-state index is 15.7. The number of nitriles is 1. The molecule has 0 atom stereocenters. The smallest absolute Gasteiger partial charge is 0.307 e. The zero-order valence-corrected chi connectivity index (χ0v) is 52.5. The van der Waals surface area contributed by atoms with Crippen LogP contribution in [0.1, 0.15) is 44.5 Å². The second kappa shape index (κ2) is 23.0. The van der Waals surface area contributed by atoms with Crippen LogP contribution in [0.25, 0.3) is 142 Å². The average Bonchev–Trinajstić information content (AvgIpc) is 1.52. The monoisotopic (exact) mass is 1300 g/mol. The molecule has 7 nitrogen and oxygen atoms in total. The number of benzene rings is 12. The third-order valence-corrected chi connectivity index (χ3v) is 18.6. The van der Waals surface area contributed by atoms with Crippen LogP contribution in [0.4, 0.5) is 50.9 Å². The van der Waals surface area contributed by atoms with E-state index in [-0.39, 0.29) is 45.0 Å². The van der Waals surface area contributed by atoms with Gasteiger partial charge in [0.2, 0.25) is 0 Å². The van der Waals surface area contributed by atoms with Gasteiger partial charge in [-0.2, -0.15) is 44.8 Å². The quantitative estimate of drug-likeness (QED) is 0.121. The first kappa shape index (κ1) is 61.8. The van der Waals surface area contributed by atoms with Crippen molar-refractivity contribution in [1.29, 1.82) is 5.26 Å². The lowest BCUT2D eigenvalue weighted by Crippen LogP contribution is -2.15. The molecule has 0 saturated heterocycles. The molecule has 0 N–H and O–H groups in total. The maximum atomic E-state index is 15.7. The van der Waals surface area contributed by atoms with Gasteiger partial charge < -0.3 is 18.3 Å². The normalized spacial score (nSPS) is 12.1. The van der Waals surface area contributed by atoms with E-state index < -0.39 is 35.2 Å². The average molecular weight is 1300 g/mol. The summed E-state index contributed by atoms with van der Waals surface area (Å²) in [5.74, 6) is 0. The Labute approximate surface area is 554 Å². The van der Waals surface area contributed by atoms with E-state index in [1.807, 2.05) is 135 Å². The van der Waals surface area contributed by atoms with Crippen LogP contribution >= 0.6 is 0 Å². The van der Waals surface area contributed by atoms with Crippen molar-refractivity contribution >= 4 is 98.6 Å². The molecule has 0 amide bonds. The second-order valence-corrected chi connectivity index (χ2v) is 24.4. The number of rotatable bonds is 6. The van der Waals surface area contributed by atoms with Gasteiger partial charge in [-0.05, 0) is 181 Å². The highest BCUT2D eigenvalue weighted by molar-refractivity contribution is 6.15. The van der Waals surface area contributed by atoms with E-state index in [4.69, 9.17) is 13.1 Å². The number of fused-ring (bicyclic) bond motifs is 12. The molecule has 0 aliphatic heterocycles. The van der Waals surface area contributed by atoms with Crippen LogP contribution in [0.3, 0.4) is 0 Å². The zero-order chi connectivity index (χ0) is 68.4. The Morgan fingerprint density at radius 3 is 0.980 bits per heavy atom. The van der Waals surface area contributed by atoms with Crippen molar-refractivity contribution in [3.8, 4) is 51.1 Å². The Bertz CT molecular complexity index is 6190. The van der Waals surface area contributed by atoms with Gasteiger partial charge in [-0.15, -0.1) is 0 Å². The van der Waals surface area contributed by atoms with Crippen molar-refractivity contribution in [2.75, 3.05) is 0 Å². The molecule has 0 aliphatic carbocycles. The van der Waals surface area contributed by atoms with Crippen molar-refractivity contribution in [2.45, 2.75) is 46.2 Å². The molecule has 0 aliphatic rings. The Balaban J connectivity index is 0.000000160. The van der Waals surface area contributed by atoms with E-state index in [0.717, 1.165) is 112 Å². The summed E-state index contributed by atoms with van der Waals surface area (Å²) < 4.78 is 139. The Morgan fingerprint density at radius 2 is 0.633 bits per heavy atom. The van der Waals surface area contributed by atoms with Crippen molar-refractivity contribution in [2.24, 2.45) is 0 Å². The summed E-state index contributed by atoms with van der Waals surface area (Å²) in [5.41, 5.74) is 8.23. The molecule has 16 rings (SSSR count). The van der Waals surface area contributed by atoms with Gasteiger partial charge in [-0.1, -0.05) is 121 Å². The SMILES string of the molecule is [C-]#[N+]c1cc(-c2cc(-n3c4ccccc4c4c(C)cccc43)c(-n3c4ccccc4c4c(C)cccc43)c(C(F)(F)F)c2)cc(C(F)(F)F)c1.[C-]#[N+]c1cc(-c2cc(C#N)c(-n3c4ccccc4c4c(C)cccc43)c(-n3c4ccccc4c4c(C)cccc43)c2)cc(C(F)(F)F)c1. The maximum Gasteiger partial charge on any atom is 0.418 e. The summed E-state index contributed by atoms with van der Waals surface area (Å²) in [7, 11) is 0. The standard InChI is InChI=1S/C41H25F6N3.C41H25F3N4/c1-23-10-8-16-34-37(23)29-12-4-6-14-32(29)49(34)36-21-26(25-18-27(40(42,43)44)22-28(19-25)48-3)20-31(41(45,46)47)39(36)50-33-15-7-5-13-30(33)38-24(2)11-9-17-35(38)50;1-24-10-8-16-35-38(24)31-12-4-6-14-33(31)47(35)37-21-26(27-19-29(41(42,43)44)22-30(20-27)46-3)18-28(23-45)40(37)48-34-15-7-5-13-32(34)39-25(2)11-9-17-36(39)48/h4-22H,1-2H3;4-22H,1-2H3. The predicted molar refractivity (Wildman–Crippen MR) is 372 cm³/mol. The Morgan fingerprint density at radius 1 is 0.327 bits per heavy atom. The largest absolute Gasteiger partial charge is 0.418 e. The molecule has 0 saturated carbocycles. The molecule has 476 valence electrons. The van der Waals surface area contributed by atoms with Gasteiger partial charge in [0.15, 0.2) is 11.4 Å². The number of para-hydroxylation sites is 4. The number of aryl methyl sites for hydroxylation is 4. The summed E-state index contributed by atoms with van der Waals surface area (Å²) in [6.45, 7) is 23.0. The number of aromatic nitrogens is 4. The summed E-state index contributed by atoms with van der Waals surface area (Å²) >= 11 is 0. The molecular formula is C82H50F9N7. The van der Waals surface area contributed by atoms with Crippen molar-refractivity contribution < 1.29 is 39.5 Å². The molecule has 0 unspecified atom stereocenters. The van der Waals surface area contributed by atoms with Gasteiger partial charge in [-0.25, -0.2) is 9.69 Å². The molecule has 4 aromatic heterocycles. The third-order valence-electron chi connectivity index (χ3n) is 18.6. The predicted octanol–water partition coefficient (Wildman–Crippen LogP) is 24.4. The number of alkyl halides is 9. The van der Waals surface area contributed by atoms with Crippen LogP contribution in [0.2, 0.25) is 0 Å². The first-order valence-electron chi connectivity index (χ1n) is 31.1. The molecular weight excluding hydrogens is 1250 g/mol. The topological polar surface area (TPSA) is 52.2 Å². The van der Waals surface area contributed by atoms with E-state index in [1.54, 1.807) is 45.5 Å². The molecule has 98 heavy (non-hydrogen) atoms. The lowest BCUT2D eigenvalue weighted by Gasteiger charge is -2.23. The van der Waals surface area contributed by atoms with Gasteiger partial charge in [0.1, 0.15) is 6.07 Å². The first-order chi connectivity index (χ1) is 47.1. The van der Waals surface area contributed by atoms with Gasteiger partial charge in [-0.3, -0.25) is 0 Å². The van der Waals surface area contributed by atoms with Crippen molar-refractivity contribution in [3.05, 3.63) is 298 Å². The summed E-state index contributed by atoms with van der Waals surface area (Å²) in [5, 5.41) is 18.3.